The number of halogens is 2. The van der Waals surface area contributed by atoms with Gasteiger partial charge in [-0.3, -0.25) is 0 Å². The fraction of sp³-hybridized carbons (Fsp3) is 0.400. The molecule has 2 heterocycles. The molecule has 1 N–H and O–H groups in total. The Bertz CT molecular complexity index is 707. The van der Waals surface area contributed by atoms with Crippen LogP contribution in [-0.2, 0) is 16.9 Å². The first-order valence-electron chi connectivity index (χ1n) is 8.54. The lowest BCUT2D eigenvalue weighted by Crippen LogP contribution is -2.48. The van der Waals surface area contributed by atoms with Crippen LogP contribution in [0.2, 0.25) is 10.0 Å². The molecule has 0 amide bonds. The van der Waals surface area contributed by atoms with E-state index in [1.165, 1.54) is 18.4 Å². The molecule has 4 rings (SSSR count). The van der Waals surface area contributed by atoms with Gasteiger partial charge in [0, 0.05) is 12.1 Å². The number of ether oxygens (including phenoxy) is 1. The quantitative estimate of drug-likeness (QED) is 0.795. The third-order valence-electron chi connectivity index (χ3n) is 5.29. The van der Waals surface area contributed by atoms with Gasteiger partial charge in [-0.1, -0.05) is 59.6 Å². The fourth-order valence-electron chi connectivity index (χ4n) is 4.13. The minimum atomic E-state index is -0.218. The predicted molar refractivity (Wildman–Crippen MR) is 98.6 cm³/mol. The number of hydrogen-bond acceptors (Lipinski definition) is 2. The van der Waals surface area contributed by atoms with E-state index in [-0.39, 0.29) is 5.60 Å². The number of hydrogen-bond donors (Lipinski definition) is 1. The zero-order valence-electron chi connectivity index (χ0n) is 13.5. The highest BCUT2D eigenvalue weighted by Gasteiger charge is 2.45. The Labute approximate surface area is 153 Å². The summed E-state index contributed by atoms with van der Waals surface area (Å²) in [5, 5.41) is 4.87. The van der Waals surface area contributed by atoms with Crippen molar-refractivity contribution in [3.05, 3.63) is 69.7 Å². The third-order valence-corrected chi connectivity index (χ3v) is 6.03. The molecule has 1 unspecified atom stereocenters. The Morgan fingerprint density at radius 1 is 0.958 bits per heavy atom. The third kappa shape index (κ3) is 3.21. The van der Waals surface area contributed by atoms with Crippen LogP contribution in [0.5, 0.6) is 0 Å². The second-order valence-corrected chi connectivity index (χ2v) is 7.76. The van der Waals surface area contributed by atoms with Crippen LogP contribution in [-0.4, -0.2) is 12.1 Å². The van der Waals surface area contributed by atoms with Crippen molar-refractivity contribution in [1.29, 1.82) is 0 Å². The molecule has 0 saturated carbocycles. The summed E-state index contributed by atoms with van der Waals surface area (Å²) in [6, 6.07) is 17.5. The van der Waals surface area contributed by atoms with Crippen LogP contribution in [0.1, 0.15) is 36.8 Å². The van der Waals surface area contributed by atoms with Crippen LogP contribution in [0.4, 0.5) is 0 Å². The van der Waals surface area contributed by atoms with Gasteiger partial charge in [-0.2, -0.15) is 0 Å². The summed E-state index contributed by atoms with van der Waals surface area (Å²) in [5.74, 6) is 0. The maximum atomic E-state index is 6.58. The molecule has 24 heavy (non-hydrogen) atoms. The summed E-state index contributed by atoms with van der Waals surface area (Å²) in [6.45, 7) is 0.547. The minimum absolute atomic E-state index is 0.218. The zero-order valence-corrected chi connectivity index (χ0v) is 15.0. The summed E-state index contributed by atoms with van der Waals surface area (Å²) in [5.41, 5.74) is 2.12. The van der Waals surface area contributed by atoms with Crippen LogP contribution in [0.15, 0.2) is 48.5 Å². The van der Waals surface area contributed by atoms with Crippen molar-refractivity contribution in [1.82, 2.24) is 5.32 Å². The molecule has 2 aliphatic rings. The van der Waals surface area contributed by atoms with Crippen molar-refractivity contribution >= 4 is 23.2 Å². The molecule has 2 aromatic carbocycles. The highest BCUT2D eigenvalue weighted by Crippen LogP contribution is 2.44. The second-order valence-electron chi connectivity index (χ2n) is 6.94. The smallest absolute Gasteiger partial charge is 0.0965 e. The average molecular weight is 362 g/mol. The largest absolute Gasteiger partial charge is 0.365 e. The normalized spacial score (nSPS) is 28.9. The number of piperidine rings is 1. The lowest BCUT2D eigenvalue weighted by atomic mass is 9.81. The summed E-state index contributed by atoms with van der Waals surface area (Å²) < 4.78 is 6.58. The Hall–Kier alpha value is -1.06. The Balaban J connectivity index is 1.60. The lowest BCUT2D eigenvalue weighted by Gasteiger charge is -2.41. The van der Waals surface area contributed by atoms with Gasteiger partial charge in [0.1, 0.15) is 0 Å². The van der Waals surface area contributed by atoms with Crippen molar-refractivity contribution in [2.75, 3.05) is 0 Å². The number of benzene rings is 2. The van der Waals surface area contributed by atoms with Crippen molar-refractivity contribution in [3.63, 3.8) is 0 Å². The van der Waals surface area contributed by atoms with E-state index in [1.54, 1.807) is 0 Å². The van der Waals surface area contributed by atoms with E-state index in [0.717, 1.165) is 18.4 Å². The van der Waals surface area contributed by atoms with E-state index >= 15 is 0 Å². The van der Waals surface area contributed by atoms with Gasteiger partial charge in [0.25, 0.3) is 0 Å². The van der Waals surface area contributed by atoms with Crippen molar-refractivity contribution in [2.24, 2.45) is 0 Å². The van der Waals surface area contributed by atoms with Crippen LogP contribution in [0.25, 0.3) is 0 Å². The van der Waals surface area contributed by atoms with E-state index in [4.69, 9.17) is 27.9 Å². The molecule has 0 radical (unpaired) electrons. The summed E-state index contributed by atoms with van der Waals surface area (Å²) in [4.78, 5) is 0. The fourth-order valence-corrected chi connectivity index (χ4v) is 4.45. The molecule has 2 bridgehead atoms. The Morgan fingerprint density at radius 2 is 1.67 bits per heavy atom. The van der Waals surface area contributed by atoms with E-state index in [9.17, 15) is 0 Å². The molecule has 0 aromatic heterocycles. The lowest BCUT2D eigenvalue weighted by molar-refractivity contribution is -0.0928. The Kier molecular flexibility index (Phi) is 4.57. The van der Waals surface area contributed by atoms with Gasteiger partial charge >= 0.3 is 0 Å². The highest BCUT2D eigenvalue weighted by molar-refractivity contribution is 6.42. The summed E-state index contributed by atoms with van der Waals surface area (Å²) in [7, 11) is 0. The second kappa shape index (κ2) is 6.68. The van der Waals surface area contributed by atoms with Gasteiger partial charge < -0.3 is 10.1 Å². The molecule has 2 nitrogen and oxygen atoms in total. The van der Waals surface area contributed by atoms with E-state index < -0.39 is 0 Å². The number of fused-ring (bicyclic) bond motifs is 2. The molecule has 2 fully saturated rings. The molecule has 2 aliphatic heterocycles. The van der Waals surface area contributed by atoms with Crippen LogP contribution in [0.3, 0.4) is 0 Å². The van der Waals surface area contributed by atoms with Crippen LogP contribution < -0.4 is 5.32 Å². The standard InChI is InChI=1S/C20H21Cl2NO/c21-18-9-6-14(10-19(18)22)13-24-20(15-4-2-1-3-5-15)11-16-7-8-17(12-20)23-16/h1-6,9-10,16-17,23H,7-8,11-13H2/t16-,17+,20?. The first-order chi connectivity index (χ1) is 11.6. The minimum Gasteiger partial charge on any atom is -0.365 e. The molecule has 2 aromatic rings. The summed E-state index contributed by atoms with van der Waals surface area (Å²) >= 11 is 12.2. The number of rotatable bonds is 4. The molecule has 0 aliphatic carbocycles. The first-order valence-corrected chi connectivity index (χ1v) is 9.30. The van der Waals surface area contributed by atoms with Gasteiger partial charge in [-0.25, -0.2) is 0 Å². The topological polar surface area (TPSA) is 21.3 Å². The average Bonchev–Trinajstić information content (AvgIpc) is 2.95. The predicted octanol–water partition coefficient (Wildman–Crippen LogP) is 5.32. The Morgan fingerprint density at radius 3 is 2.33 bits per heavy atom. The van der Waals surface area contributed by atoms with Crippen molar-refractivity contribution in [2.45, 2.75) is 50.0 Å². The maximum Gasteiger partial charge on any atom is 0.0965 e. The van der Waals surface area contributed by atoms with Gasteiger partial charge in [0.15, 0.2) is 0 Å². The maximum absolute atomic E-state index is 6.58. The molecule has 2 saturated heterocycles. The van der Waals surface area contributed by atoms with Crippen molar-refractivity contribution < 1.29 is 4.74 Å². The van der Waals surface area contributed by atoms with Crippen LogP contribution >= 0.6 is 23.2 Å². The monoisotopic (exact) mass is 361 g/mol. The van der Waals surface area contributed by atoms with E-state index in [2.05, 4.69) is 35.6 Å². The molecular formula is C20H21Cl2NO. The number of nitrogens with one attached hydrogen (secondary N) is 1. The highest BCUT2D eigenvalue weighted by atomic mass is 35.5. The zero-order chi connectivity index (χ0) is 16.6. The van der Waals surface area contributed by atoms with Crippen LogP contribution in [0, 0.1) is 0 Å². The van der Waals surface area contributed by atoms with Gasteiger partial charge in [-0.15, -0.1) is 0 Å². The summed E-state index contributed by atoms with van der Waals surface area (Å²) in [6.07, 6.45) is 4.54. The molecule has 4 heteroatoms. The van der Waals surface area contributed by atoms with E-state index in [1.807, 2.05) is 18.2 Å². The SMILES string of the molecule is Clc1ccc(COC2(c3ccccc3)C[C@H]3CC[C@@H](C2)N3)cc1Cl. The van der Waals surface area contributed by atoms with Gasteiger partial charge in [0.05, 0.1) is 22.3 Å². The molecule has 3 atom stereocenters. The van der Waals surface area contributed by atoms with Gasteiger partial charge in [-0.05, 0) is 48.9 Å². The van der Waals surface area contributed by atoms with E-state index in [0.29, 0.717) is 28.7 Å². The molecule has 126 valence electrons. The molecule has 0 spiro atoms. The van der Waals surface area contributed by atoms with Crippen molar-refractivity contribution in [3.8, 4) is 0 Å². The first kappa shape index (κ1) is 16.4. The van der Waals surface area contributed by atoms with Gasteiger partial charge in [0.2, 0.25) is 0 Å². The molecular weight excluding hydrogens is 341 g/mol.